The third-order valence-electron chi connectivity index (χ3n) is 2.86. The highest BCUT2D eigenvalue weighted by molar-refractivity contribution is 7.09. The Labute approximate surface area is 117 Å². The van der Waals surface area contributed by atoms with Gasteiger partial charge in [-0.15, -0.1) is 5.10 Å². The van der Waals surface area contributed by atoms with Gasteiger partial charge in [0, 0.05) is 6.20 Å². The minimum absolute atomic E-state index is 0.124. The molecule has 102 valence electrons. The molecule has 0 saturated heterocycles. The Morgan fingerprint density at radius 2 is 2.25 bits per heavy atom. The summed E-state index contributed by atoms with van der Waals surface area (Å²) in [6.07, 6.45) is 1.30. The SMILES string of the molecule is CC(C)c1nnsc1-c1nc2ncc(C(=O)O)cc2[nH]1. The van der Waals surface area contributed by atoms with Crippen molar-refractivity contribution in [3.63, 3.8) is 0 Å². The summed E-state index contributed by atoms with van der Waals surface area (Å²) in [4.78, 5) is 23.3. The molecule has 3 aromatic heterocycles. The lowest BCUT2D eigenvalue weighted by Crippen LogP contribution is -1.96. The van der Waals surface area contributed by atoms with Crippen LogP contribution in [0, 0.1) is 0 Å². The molecule has 2 N–H and O–H groups in total. The Hall–Kier alpha value is -2.35. The predicted octanol–water partition coefficient (Wildman–Crippen LogP) is 2.30. The van der Waals surface area contributed by atoms with Gasteiger partial charge in [0.2, 0.25) is 0 Å². The first-order valence-corrected chi connectivity index (χ1v) is 6.75. The first-order valence-electron chi connectivity index (χ1n) is 5.98. The molecule has 0 fully saturated rings. The number of pyridine rings is 1. The first-order chi connectivity index (χ1) is 9.56. The van der Waals surface area contributed by atoms with Crippen LogP contribution in [0.5, 0.6) is 0 Å². The number of fused-ring (bicyclic) bond motifs is 1. The van der Waals surface area contributed by atoms with Crippen LogP contribution in [0.3, 0.4) is 0 Å². The molecule has 0 aliphatic carbocycles. The number of carboxylic acids is 1. The molecule has 8 heteroatoms. The number of hydrogen-bond acceptors (Lipinski definition) is 6. The van der Waals surface area contributed by atoms with Crippen LogP contribution in [0.4, 0.5) is 0 Å². The van der Waals surface area contributed by atoms with E-state index in [9.17, 15) is 4.79 Å². The molecule has 0 aromatic carbocycles. The topological polar surface area (TPSA) is 105 Å². The van der Waals surface area contributed by atoms with Crippen LogP contribution >= 0.6 is 11.5 Å². The van der Waals surface area contributed by atoms with Crippen LogP contribution in [0.2, 0.25) is 0 Å². The second kappa shape index (κ2) is 4.64. The van der Waals surface area contributed by atoms with Gasteiger partial charge in [-0.2, -0.15) is 0 Å². The predicted molar refractivity (Wildman–Crippen MR) is 73.8 cm³/mol. The number of imidazole rings is 1. The summed E-state index contributed by atoms with van der Waals surface area (Å²) in [7, 11) is 0. The quantitative estimate of drug-likeness (QED) is 0.766. The summed E-state index contributed by atoms with van der Waals surface area (Å²) in [5, 5.41) is 13.1. The third-order valence-corrected chi connectivity index (χ3v) is 3.61. The van der Waals surface area contributed by atoms with Gasteiger partial charge < -0.3 is 10.1 Å². The molecule has 3 aromatic rings. The van der Waals surface area contributed by atoms with Gasteiger partial charge in [-0.25, -0.2) is 14.8 Å². The number of aromatic amines is 1. The Bertz CT molecular complexity index is 792. The zero-order valence-corrected chi connectivity index (χ0v) is 11.6. The molecular weight excluding hydrogens is 278 g/mol. The summed E-state index contributed by atoms with van der Waals surface area (Å²) in [5.74, 6) is -0.161. The summed E-state index contributed by atoms with van der Waals surface area (Å²) in [6, 6.07) is 1.52. The number of aromatic nitrogens is 5. The van der Waals surface area contributed by atoms with E-state index in [1.807, 2.05) is 13.8 Å². The molecule has 0 atom stereocenters. The van der Waals surface area contributed by atoms with E-state index >= 15 is 0 Å². The lowest BCUT2D eigenvalue weighted by Gasteiger charge is -2.00. The fourth-order valence-electron chi connectivity index (χ4n) is 1.86. The van der Waals surface area contributed by atoms with Crippen LogP contribution in [-0.2, 0) is 0 Å². The minimum Gasteiger partial charge on any atom is -0.478 e. The standard InChI is InChI=1S/C12H11N5O2S/c1-5(2)8-9(20-17-16-8)11-14-7-3-6(12(18)19)4-13-10(7)15-11/h3-5H,1-2H3,(H,18,19)(H,13,14,15). The number of carbonyl (C=O) groups is 1. The Morgan fingerprint density at radius 1 is 1.45 bits per heavy atom. The van der Waals surface area contributed by atoms with Crippen molar-refractivity contribution >= 4 is 28.7 Å². The Morgan fingerprint density at radius 3 is 2.95 bits per heavy atom. The third kappa shape index (κ3) is 2.03. The van der Waals surface area contributed by atoms with Crippen molar-refractivity contribution in [1.29, 1.82) is 0 Å². The van der Waals surface area contributed by atoms with E-state index in [-0.39, 0.29) is 11.5 Å². The van der Waals surface area contributed by atoms with Crippen molar-refractivity contribution in [2.45, 2.75) is 19.8 Å². The first kappa shape index (κ1) is 12.7. The summed E-state index contributed by atoms with van der Waals surface area (Å²) in [5.41, 5.74) is 2.06. The highest BCUT2D eigenvalue weighted by atomic mass is 32.1. The van der Waals surface area contributed by atoms with Gasteiger partial charge in [0.25, 0.3) is 0 Å². The maximum Gasteiger partial charge on any atom is 0.337 e. The van der Waals surface area contributed by atoms with Crippen molar-refractivity contribution in [3.8, 4) is 10.7 Å². The van der Waals surface area contributed by atoms with Gasteiger partial charge >= 0.3 is 5.97 Å². The maximum absolute atomic E-state index is 10.9. The molecule has 0 bridgehead atoms. The van der Waals surface area contributed by atoms with Gasteiger partial charge in [-0.3, -0.25) is 0 Å². The normalized spacial score (nSPS) is 11.3. The number of aromatic carboxylic acids is 1. The molecule has 0 spiro atoms. The van der Waals surface area contributed by atoms with Crippen molar-refractivity contribution in [2.75, 3.05) is 0 Å². The van der Waals surface area contributed by atoms with Crippen LogP contribution < -0.4 is 0 Å². The van der Waals surface area contributed by atoms with E-state index in [1.54, 1.807) is 0 Å². The smallest absolute Gasteiger partial charge is 0.337 e. The second-order valence-electron chi connectivity index (χ2n) is 4.63. The average Bonchev–Trinajstić information content (AvgIpc) is 3.03. The van der Waals surface area contributed by atoms with Crippen LogP contribution in [0.1, 0.15) is 35.8 Å². The van der Waals surface area contributed by atoms with Crippen molar-refractivity contribution in [1.82, 2.24) is 24.5 Å². The highest BCUT2D eigenvalue weighted by Gasteiger charge is 2.17. The fourth-order valence-corrected chi connectivity index (χ4v) is 2.63. The molecule has 7 nitrogen and oxygen atoms in total. The van der Waals surface area contributed by atoms with Crippen molar-refractivity contribution in [2.24, 2.45) is 0 Å². The van der Waals surface area contributed by atoms with Crippen LogP contribution in [0.25, 0.3) is 21.9 Å². The molecule has 0 radical (unpaired) electrons. The number of H-pyrrole nitrogens is 1. The van der Waals surface area contributed by atoms with E-state index in [0.29, 0.717) is 17.0 Å². The summed E-state index contributed by atoms with van der Waals surface area (Å²) in [6.45, 7) is 4.06. The zero-order chi connectivity index (χ0) is 14.3. The molecule has 0 unspecified atom stereocenters. The average molecular weight is 289 g/mol. The van der Waals surface area contributed by atoms with Gasteiger partial charge in [0.15, 0.2) is 11.5 Å². The maximum atomic E-state index is 10.9. The molecule has 3 heterocycles. The van der Waals surface area contributed by atoms with E-state index in [2.05, 4.69) is 24.5 Å². The molecule has 0 saturated carbocycles. The highest BCUT2D eigenvalue weighted by Crippen LogP contribution is 2.29. The van der Waals surface area contributed by atoms with E-state index in [0.717, 1.165) is 10.6 Å². The minimum atomic E-state index is -1.02. The molecule has 0 aliphatic rings. The van der Waals surface area contributed by atoms with Gasteiger partial charge in [-0.05, 0) is 23.5 Å². The zero-order valence-electron chi connectivity index (χ0n) is 10.8. The number of nitrogens with one attached hydrogen (secondary N) is 1. The fraction of sp³-hybridized carbons (Fsp3) is 0.250. The van der Waals surface area contributed by atoms with Crippen molar-refractivity contribution in [3.05, 3.63) is 23.5 Å². The molecule has 3 rings (SSSR count). The van der Waals surface area contributed by atoms with Crippen molar-refractivity contribution < 1.29 is 9.90 Å². The van der Waals surface area contributed by atoms with Gasteiger partial charge in [-0.1, -0.05) is 18.3 Å². The Kier molecular flexibility index (Phi) is 2.94. The number of nitrogens with zero attached hydrogens (tertiary/aromatic N) is 4. The van der Waals surface area contributed by atoms with E-state index in [1.165, 1.54) is 23.8 Å². The van der Waals surface area contributed by atoms with E-state index in [4.69, 9.17) is 5.11 Å². The second-order valence-corrected chi connectivity index (χ2v) is 5.38. The largest absolute Gasteiger partial charge is 0.478 e. The monoisotopic (exact) mass is 289 g/mol. The molecule has 20 heavy (non-hydrogen) atoms. The number of carboxylic acid groups (broad SMARTS) is 1. The lowest BCUT2D eigenvalue weighted by molar-refractivity contribution is 0.0696. The molecule has 0 aliphatic heterocycles. The lowest BCUT2D eigenvalue weighted by atomic mass is 10.1. The Balaban J connectivity index is 2.13. The number of rotatable bonds is 3. The van der Waals surface area contributed by atoms with Crippen LogP contribution in [0.15, 0.2) is 12.3 Å². The summed E-state index contributed by atoms with van der Waals surface area (Å²) >= 11 is 1.26. The summed E-state index contributed by atoms with van der Waals surface area (Å²) < 4.78 is 3.95. The van der Waals surface area contributed by atoms with Gasteiger partial charge in [0.1, 0.15) is 4.88 Å². The van der Waals surface area contributed by atoms with Crippen LogP contribution in [-0.4, -0.2) is 35.6 Å². The van der Waals surface area contributed by atoms with E-state index < -0.39 is 5.97 Å². The number of hydrogen-bond donors (Lipinski definition) is 2. The van der Waals surface area contributed by atoms with Gasteiger partial charge in [0.05, 0.1) is 16.8 Å². The molecule has 0 amide bonds. The molecular formula is C12H11N5O2S.